The first kappa shape index (κ1) is 14.0. The Labute approximate surface area is 124 Å². The van der Waals surface area contributed by atoms with Gasteiger partial charge in [-0.15, -0.1) is 0 Å². The largest absolute Gasteiger partial charge is 0.481 e. The van der Waals surface area contributed by atoms with E-state index in [1.165, 1.54) is 11.3 Å². The molecule has 0 aromatic carbocycles. The standard InChI is InChI=1S/C15H21N5O/c1-10-13(15(21-4)19(3)18-10)9-20-6-5-14-12(8-20)7-16-11(2)17-14/h7H,5-6,8-9H2,1-4H3. The van der Waals surface area contributed by atoms with Crippen molar-refractivity contribution in [2.75, 3.05) is 13.7 Å². The molecule has 0 atom stereocenters. The molecule has 0 spiro atoms. The maximum absolute atomic E-state index is 5.47. The summed E-state index contributed by atoms with van der Waals surface area (Å²) in [6, 6.07) is 0. The van der Waals surface area contributed by atoms with E-state index >= 15 is 0 Å². The lowest BCUT2D eigenvalue weighted by atomic mass is 10.1. The van der Waals surface area contributed by atoms with Crippen molar-refractivity contribution in [1.82, 2.24) is 24.6 Å². The highest BCUT2D eigenvalue weighted by atomic mass is 16.5. The van der Waals surface area contributed by atoms with Gasteiger partial charge in [0.25, 0.3) is 0 Å². The van der Waals surface area contributed by atoms with Gasteiger partial charge in [-0.25, -0.2) is 14.6 Å². The second-order valence-corrected chi connectivity index (χ2v) is 5.55. The molecule has 0 radical (unpaired) electrons. The van der Waals surface area contributed by atoms with Crippen LogP contribution in [0.4, 0.5) is 0 Å². The Bertz CT molecular complexity index is 664. The maximum atomic E-state index is 5.47. The van der Waals surface area contributed by atoms with Crippen LogP contribution in [0.3, 0.4) is 0 Å². The molecule has 3 heterocycles. The van der Waals surface area contributed by atoms with Gasteiger partial charge in [-0.2, -0.15) is 5.10 Å². The predicted molar refractivity (Wildman–Crippen MR) is 79.1 cm³/mol. The van der Waals surface area contributed by atoms with Crippen molar-refractivity contribution in [1.29, 1.82) is 0 Å². The highest BCUT2D eigenvalue weighted by Crippen LogP contribution is 2.25. The first-order chi connectivity index (χ1) is 10.1. The monoisotopic (exact) mass is 287 g/mol. The fraction of sp³-hybridized carbons (Fsp3) is 0.533. The Hall–Kier alpha value is -1.95. The molecule has 6 heteroatoms. The molecule has 1 aliphatic heterocycles. The van der Waals surface area contributed by atoms with Crippen molar-refractivity contribution in [2.24, 2.45) is 7.05 Å². The smallest absolute Gasteiger partial charge is 0.216 e. The number of methoxy groups -OCH3 is 1. The molecule has 21 heavy (non-hydrogen) atoms. The molecule has 112 valence electrons. The Morgan fingerprint density at radius 1 is 1.33 bits per heavy atom. The summed E-state index contributed by atoms with van der Waals surface area (Å²) in [4.78, 5) is 11.2. The zero-order valence-electron chi connectivity index (χ0n) is 13.1. The van der Waals surface area contributed by atoms with Gasteiger partial charge in [-0.3, -0.25) is 4.90 Å². The molecule has 3 rings (SSSR count). The SMILES string of the molecule is COc1c(CN2CCc3nc(C)ncc3C2)c(C)nn1C. The molecule has 6 nitrogen and oxygen atoms in total. The third-order valence-electron chi connectivity index (χ3n) is 4.00. The van der Waals surface area contributed by atoms with Gasteiger partial charge in [0.1, 0.15) is 5.82 Å². The molecule has 0 N–H and O–H groups in total. The van der Waals surface area contributed by atoms with Crippen LogP contribution in [0.5, 0.6) is 5.88 Å². The number of hydrogen-bond donors (Lipinski definition) is 0. The molecule has 0 saturated heterocycles. The second-order valence-electron chi connectivity index (χ2n) is 5.55. The van der Waals surface area contributed by atoms with Gasteiger partial charge in [0, 0.05) is 50.6 Å². The summed E-state index contributed by atoms with van der Waals surface area (Å²) in [7, 11) is 3.61. The number of nitrogens with zero attached hydrogens (tertiary/aromatic N) is 5. The lowest BCUT2D eigenvalue weighted by molar-refractivity contribution is 0.237. The van der Waals surface area contributed by atoms with E-state index in [9.17, 15) is 0 Å². The minimum absolute atomic E-state index is 0.843. The minimum atomic E-state index is 0.843. The van der Waals surface area contributed by atoms with Crippen LogP contribution in [-0.4, -0.2) is 38.3 Å². The first-order valence-corrected chi connectivity index (χ1v) is 7.18. The average molecular weight is 287 g/mol. The summed E-state index contributed by atoms with van der Waals surface area (Å²) in [6.07, 6.45) is 2.93. The van der Waals surface area contributed by atoms with Crippen LogP contribution >= 0.6 is 0 Å². The molecule has 0 saturated carbocycles. The van der Waals surface area contributed by atoms with E-state index in [1.54, 1.807) is 11.8 Å². The van der Waals surface area contributed by atoms with Gasteiger partial charge >= 0.3 is 0 Å². The molecule has 0 unspecified atom stereocenters. The van der Waals surface area contributed by atoms with Gasteiger partial charge in [0.2, 0.25) is 5.88 Å². The number of aromatic nitrogens is 4. The van der Waals surface area contributed by atoms with E-state index in [0.29, 0.717) is 0 Å². The molecule has 2 aromatic rings. The van der Waals surface area contributed by atoms with Gasteiger partial charge in [0.15, 0.2) is 0 Å². The molecule has 0 fully saturated rings. The van der Waals surface area contributed by atoms with Crippen molar-refractivity contribution < 1.29 is 4.74 Å². The number of aryl methyl sites for hydroxylation is 3. The fourth-order valence-electron chi connectivity index (χ4n) is 2.95. The lowest BCUT2D eigenvalue weighted by Gasteiger charge is -2.28. The van der Waals surface area contributed by atoms with Crippen LogP contribution in [0.15, 0.2) is 6.20 Å². The first-order valence-electron chi connectivity index (χ1n) is 7.18. The van der Waals surface area contributed by atoms with Crippen LogP contribution in [0.1, 0.15) is 28.3 Å². The molecule has 0 aliphatic carbocycles. The van der Waals surface area contributed by atoms with Crippen molar-refractivity contribution in [3.63, 3.8) is 0 Å². The Morgan fingerprint density at radius 2 is 2.14 bits per heavy atom. The van der Waals surface area contributed by atoms with Crippen molar-refractivity contribution in [2.45, 2.75) is 33.4 Å². The summed E-state index contributed by atoms with van der Waals surface area (Å²) >= 11 is 0. The normalized spacial score (nSPS) is 15.0. The topological polar surface area (TPSA) is 56.1 Å². The third kappa shape index (κ3) is 2.63. The number of hydrogen-bond acceptors (Lipinski definition) is 5. The Morgan fingerprint density at radius 3 is 2.90 bits per heavy atom. The quantitative estimate of drug-likeness (QED) is 0.854. The van der Waals surface area contributed by atoms with Gasteiger partial charge in [-0.1, -0.05) is 0 Å². The van der Waals surface area contributed by atoms with Crippen molar-refractivity contribution >= 4 is 0 Å². The Balaban J connectivity index is 1.80. The minimum Gasteiger partial charge on any atom is -0.481 e. The van der Waals surface area contributed by atoms with Gasteiger partial charge in [-0.05, 0) is 13.8 Å². The fourth-order valence-corrected chi connectivity index (χ4v) is 2.95. The van der Waals surface area contributed by atoms with Crippen LogP contribution in [0.25, 0.3) is 0 Å². The highest BCUT2D eigenvalue weighted by Gasteiger charge is 2.22. The molecular formula is C15H21N5O. The van der Waals surface area contributed by atoms with E-state index in [2.05, 4.69) is 20.0 Å². The van der Waals surface area contributed by atoms with Crippen LogP contribution in [0, 0.1) is 13.8 Å². The van der Waals surface area contributed by atoms with Gasteiger partial charge < -0.3 is 4.74 Å². The van der Waals surface area contributed by atoms with Gasteiger partial charge in [0.05, 0.1) is 18.4 Å². The molecule has 1 aliphatic rings. The molecule has 0 bridgehead atoms. The van der Waals surface area contributed by atoms with Crippen LogP contribution in [0.2, 0.25) is 0 Å². The summed E-state index contributed by atoms with van der Waals surface area (Å²) in [5, 5.41) is 4.44. The molecule has 2 aromatic heterocycles. The average Bonchev–Trinajstić information content (AvgIpc) is 2.73. The van der Waals surface area contributed by atoms with Crippen molar-refractivity contribution in [3.05, 3.63) is 34.5 Å². The summed E-state index contributed by atoms with van der Waals surface area (Å²) in [5.41, 5.74) is 4.61. The van der Waals surface area contributed by atoms with Crippen LogP contribution < -0.4 is 4.74 Å². The Kier molecular flexibility index (Phi) is 3.63. The lowest BCUT2D eigenvalue weighted by Crippen LogP contribution is -2.31. The molecule has 0 amide bonds. The number of fused-ring (bicyclic) bond motifs is 1. The second kappa shape index (κ2) is 5.44. The number of rotatable bonds is 3. The summed E-state index contributed by atoms with van der Waals surface area (Å²) < 4.78 is 7.27. The highest BCUT2D eigenvalue weighted by molar-refractivity contribution is 5.31. The summed E-state index contributed by atoms with van der Waals surface area (Å²) in [6.45, 7) is 6.70. The predicted octanol–water partition coefficient (Wildman–Crippen LogP) is 1.39. The van der Waals surface area contributed by atoms with E-state index in [1.807, 2.05) is 27.1 Å². The van der Waals surface area contributed by atoms with E-state index in [0.717, 1.165) is 49.0 Å². The van der Waals surface area contributed by atoms with Crippen molar-refractivity contribution in [3.8, 4) is 5.88 Å². The van der Waals surface area contributed by atoms with E-state index in [4.69, 9.17) is 4.74 Å². The third-order valence-corrected chi connectivity index (χ3v) is 4.00. The number of ether oxygens (including phenoxy) is 1. The molecular weight excluding hydrogens is 266 g/mol. The van der Waals surface area contributed by atoms with E-state index in [-0.39, 0.29) is 0 Å². The zero-order chi connectivity index (χ0) is 15.0. The zero-order valence-corrected chi connectivity index (χ0v) is 13.1. The van der Waals surface area contributed by atoms with E-state index < -0.39 is 0 Å². The maximum Gasteiger partial charge on any atom is 0.216 e. The van der Waals surface area contributed by atoms with Crippen LogP contribution in [-0.2, 0) is 26.6 Å². The summed E-state index contributed by atoms with van der Waals surface area (Å²) in [5.74, 6) is 1.70.